The molecule has 116 valence electrons. The van der Waals surface area contributed by atoms with E-state index in [1.165, 1.54) is 35.1 Å². The molecule has 2 aliphatic carbocycles. The minimum atomic E-state index is 0. The first-order valence-electron chi connectivity index (χ1n) is 8.16. The fourth-order valence-corrected chi connectivity index (χ4v) is 2.34. The van der Waals surface area contributed by atoms with E-state index in [2.05, 4.69) is 68.5 Å². The summed E-state index contributed by atoms with van der Waals surface area (Å²) in [7, 11) is 0. The standard InChI is InChI=1S/C13H9.C5H5.C4H10.Ti/c1-3-7-12-10(5-1)9-11-6-2-4-8-13(11)12;1-2-4-5-3-1;1-3-4-2;/h1-5,7-8H,9H2;1-3H,4H2;3-4H2,1-2H3;/q2*-1;;+2. The van der Waals surface area contributed by atoms with Gasteiger partial charge in [0.15, 0.2) is 0 Å². The molecule has 0 aromatic heterocycles. The van der Waals surface area contributed by atoms with Gasteiger partial charge >= 0.3 is 21.7 Å². The summed E-state index contributed by atoms with van der Waals surface area (Å²) in [4.78, 5) is 0. The smallest absolute Gasteiger partial charge is 0.273 e. The van der Waals surface area contributed by atoms with E-state index in [-0.39, 0.29) is 21.7 Å². The van der Waals surface area contributed by atoms with Gasteiger partial charge < -0.3 is 0 Å². The summed E-state index contributed by atoms with van der Waals surface area (Å²) in [5, 5.41) is 0. The Hall–Kier alpha value is -1.37. The van der Waals surface area contributed by atoms with Gasteiger partial charge in [0, 0.05) is 0 Å². The molecule has 23 heavy (non-hydrogen) atoms. The number of fused-ring (bicyclic) bond motifs is 3. The van der Waals surface area contributed by atoms with Crippen LogP contribution >= 0.6 is 0 Å². The van der Waals surface area contributed by atoms with Gasteiger partial charge in [-0.2, -0.15) is 35.9 Å². The molecule has 0 unspecified atom stereocenters. The normalized spacial score (nSPS) is 12.1. The summed E-state index contributed by atoms with van der Waals surface area (Å²) in [6.07, 6.45) is 13.7. The average Bonchev–Trinajstić information content (AvgIpc) is 3.26. The molecule has 0 atom stereocenters. The number of hydrogen-bond donors (Lipinski definition) is 0. The van der Waals surface area contributed by atoms with Crippen LogP contribution in [0.4, 0.5) is 0 Å². The molecule has 2 aliphatic rings. The molecule has 2 aromatic carbocycles. The zero-order valence-electron chi connectivity index (χ0n) is 14.1. The van der Waals surface area contributed by atoms with E-state index in [4.69, 9.17) is 0 Å². The van der Waals surface area contributed by atoms with Crippen molar-refractivity contribution in [2.24, 2.45) is 0 Å². The number of allylic oxidation sites excluding steroid dienone is 4. The van der Waals surface area contributed by atoms with Crippen molar-refractivity contribution in [3.8, 4) is 11.1 Å². The monoisotopic (exact) mass is 336 g/mol. The van der Waals surface area contributed by atoms with Crippen LogP contribution in [0.1, 0.15) is 44.2 Å². The van der Waals surface area contributed by atoms with E-state index in [1.807, 2.05) is 18.2 Å². The van der Waals surface area contributed by atoms with Crippen LogP contribution in [0, 0.1) is 12.1 Å². The first-order chi connectivity index (χ1) is 10.9. The molecule has 0 fully saturated rings. The predicted octanol–water partition coefficient (Wildman–Crippen LogP) is 6.17. The molecule has 0 amide bonds. The molecule has 0 N–H and O–H groups in total. The van der Waals surface area contributed by atoms with Crippen molar-refractivity contribution in [3.63, 3.8) is 0 Å². The van der Waals surface area contributed by atoms with Crippen molar-refractivity contribution in [1.29, 1.82) is 0 Å². The Morgan fingerprint density at radius 3 is 2.30 bits per heavy atom. The van der Waals surface area contributed by atoms with Crippen molar-refractivity contribution in [3.05, 3.63) is 84.0 Å². The Morgan fingerprint density at radius 1 is 0.957 bits per heavy atom. The second-order valence-electron chi connectivity index (χ2n) is 5.40. The number of hydrogen-bond acceptors (Lipinski definition) is 0. The van der Waals surface area contributed by atoms with Crippen LogP contribution in [0.25, 0.3) is 11.1 Å². The van der Waals surface area contributed by atoms with Crippen molar-refractivity contribution in [2.45, 2.75) is 39.5 Å². The fraction of sp³-hybridized carbons (Fsp3) is 0.273. The Balaban J connectivity index is 0.000000223. The van der Waals surface area contributed by atoms with Gasteiger partial charge in [0.1, 0.15) is 0 Å². The van der Waals surface area contributed by atoms with Gasteiger partial charge in [-0.1, -0.05) is 62.1 Å². The number of rotatable bonds is 1. The third-order valence-electron chi connectivity index (χ3n) is 3.70. The maximum Gasteiger partial charge on any atom is 2.00 e. The maximum absolute atomic E-state index is 3.30. The van der Waals surface area contributed by atoms with Crippen molar-refractivity contribution in [2.75, 3.05) is 0 Å². The molecule has 2 aromatic rings. The van der Waals surface area contributed by atoms with Gasteiger partial charge in [-0.3, -0.25) is 6.08 Å². The molecule has 0 radical (unpaired) electrons. The molecule has 0 nitrogen and oxygen atoms in total. The zero-order valence-corrected chi connectivity index (χ0v) is 15.7. The van der Waals surface area contributed by atoms with Gasteiger partial charge in [0.05, 0.1) is 0 Å². The van der Waals surface area contributed by atoms with Crippen LogP contribution in [0.3, 0.4) is 0 Å². The Morgan fingerprint density at radius 2 is 1.70 bits per heavy atom. The van der Waals surface area contributed by atoms with Crippen LogP contribution in [0.5, 0.6) is 0 Å². The van der Waals surface area contributed by atoms with E-state index in [0.29, 0.717) is 0 Å². The summed E-state index contributed by atoms with van der Waals surface area (Å²) in [5.41, 5.74) is 5.51. The second kappa shape index (κ2) is 11.2. The molecule has 0 heterocycles. The molecule has 4 rings (SSSR count). The summed E-state index contributed by atoms with van der Waals surface area (Å²) >= 11 is 0. The summed E-state index contributed by atoms with van der Waals surface area (Å²) < 4.78 is 0. The molecule has 0 spiro atoms. The third kappa shape index (κ3) is 5.97. The molecule has 0 bridgehead atoms. The van der Waals surface area contributed by atoms with Gasteiger partial charge in [-0.15, -0.1) is 12.0 Å². The predicted molar refractivity (Wildman–Crippen MR) is 95.7 cm³/mol. The molecule has 0 saturated carbocycles. The first-order valence-corrected chi connectivity index (χ1v) is 8.16. The zero-order chi connectivity index (χ0) is 15.6. The van der Waals surface area contributed by atoms with Gasteiger partial charge in [-0.05, 0) is 6.42 Å². The Kier molecular flexibility index (Phi) is 9.60. The first kappa shape index (κ1) is 19.7. The summed E-state index contributed by atoms with van der Waals surface area (Å²) in [5.74, 6) is 0. The molecule has 1 heteroatoms. The number of benzene rings is 2. The second-order valence-corrected chi connectivity index (χ2v) is 5.40. The largest absolute Gasteiger partial charge is 2.00 e. The SMILES string of the molecule is CCCC.[C-]1=CC=CC1.[Ti+2].[c-]1cccc2c1Cc1ccccc1-2. The van der Waals surface area contributed by atoms with Crippen LogP contribution in [-0.2, 0) is 28.1 Å². The minimum Gasteiger partial charge on any atom is -0.273 e. The van der Waals surface area contributed by atoms with Crippen molar-refractivity contribution >= 4 is 0 Å². The summed E-state index contributed by atoms with van der Waals surface area (Å²) in [6, 6.07) is 18.1. The van der Waals surface area contributed by atoms with Crippen LogP contribution in [0.2, 0.25) is 0 Å². The number of unbranched alkanes of at least 4 members (excludes halogenated alkanes) is 1. The topological polar surface area (TPSA) is 0 Å². The molecule has 0 saturated heterocycles. The van der Waals surface area contributed by atoms with Crippen LogP contribution in [0.15, 0.2) is 60.7 Å². The third-order valence-corrected chi connectivity index (χ3v) is 3.70. The van der Waals surface area contributed by atoms with Crippen molar-refractivity contribution in [1.82, 2.24) is 0 Å². The van der Waals surface area contributed by atoms with Gasteiger partial charge in [0.2, 0.25) is 0 Å². The Labute approximate surface area is 156 Å². The average molecular weight is 336 g/mol. The Bertz CT molecular complexity index is 582. The van der Waals surface area contributed by atoms with Crippen molar-refractivity contribution < 1.29 is 21.7 Å². The van der Waals surface area contributed by atoms with E-state index in [1.54, 1.807) is 0 Å². The van der Waals surface area contributed by atoms with E-state index in [9.17, 15) is 0 Å². The van der Waals surface area contributed by atoms with Crippen LogP contribution < -0.4 is 0 Å². The maximum atomic E-state index is 3.30. The summed E-state index contributed by atoms with van der Waals surface area (Å²) in [6.45, 7) is 4.36. The fourth-order valence-electron chi connectivity index (χ4n) is 2.34. The van der Waals surface area contributed by atoms with E-state index < -0.39 is 0 Å². The quantitative estimate of drug-likeness (QED) is 0.368. The van der Waals surface area contributed by atoms with Gasteiger partial charge in [0.25, 0.3) is 0 Å². The minimum absolute atomic E-state index is 0. The molecular weight excluding hydrogens is 312 g/mol. The van der Waals surface area contributed by atoms with E-state index in [0.717, 1.165) is 12.8 Å². The molecule has 0 aliphatic heterocycles. The van der Waals surface area contributed by atoms with Gasteiger partial charge in [-0.25, -0.2) is 12.2 Å². The van der Waals surface area contributed by atoms with E-state index >= 15 is 0 Å². The molecular formula is C22H24Ti. The van der Waals surface area contributed by atoms with Crippen LogP contribution in [-0.4, -0.2) is 0 Å².